The van der Waals surface area contributed by atoms with Gasteiger partial charge in [0.1, 0.15) is 11.7 Å². The zero-order chi connectivity index (χ0) is 10.8. The van der Waals surface area contributed by atoms with Crippen LogP contribution in [-0.4, -0.2) is 24.6 Å². The molecule has 1 aliphatic rings. The molecule has 0 spiro atoms. The van der Waals surface area contributed by atoms with E-state index < -0.39 is 16.3 Å². The topological polar surface area (TPSA) is 38.3 Å². The average Bonchev–Trinajstić information content (AvgIpc) is 2.21. The van der Waals surface area contributed by atoms with E-state index in [1.807, 2.05) is 0 Å². The molecule has 0 aromatic heterocycles. The number of amides is 1. The summed E-state index contributed by atoms with van der Waals surface area (Å²) < 4.78 is 17.1. The fourth-order valence-corrected chi connectivity index (χ4v) is 1.70. The first-order valence-electron chi connectivity index (χ1n) is 4.05. The van der Waals surface area contributed by atoms with Gasteiger partial charge in [0.15, 0.2) is 4.51 Å². The number of methoxy groups -OCH3 is 1. The van der Waals surface area contributed by atoms with E-state index >= 15 is 0 Å². The Bertz CT molecular complexity index is 303. The van der Waals surface area contributed by atoms with Crippen LogP contribution in [0.2, 0.25) is 0 Å². The van der Waals surface area contributed by atoms with Gasteiger partial charge in [-0.25, -0.2) is 4.39 Å². The van der Waals surface area contributed by atoms with E-state index in [0.717, 1.165) is 0 Å². The van der Waals surface area contributed by atoms with Crippen molar-refractivity contribution >= 4 is 21.8 Å². The molecule has 1 N–H and O–H groups in total. The molecule has 78 valence electrons. The lowest BCUT2D eigenvalue weighted by molar-refractivity contribution is -0.126. The van der Waals surface area contributed by atoms with E-state index in [1.54, 1.807) is 0 Å². The zero-order valence-electron chi connectivity index (χ0n) is 7.88. The van der Waals surface area contributed by atoms with Crippen LogP contribution in [0.1, 0.15) is 0 Å². The van der Waals surface area contributed by atoms with Gasteiger partial charge in [0.2, 0.25) is 5.91 Å². The first kappa shape index (κ1) is 11.4. The largest absolute Gasteiger partial charge is 0.362 e. The van der Waals surface area contributed by atoms with Crippen LogP contribution in [0.5, 0.6) is 0 Å². The summed E-state index contributed by atoms with van der Waals surface area (Å²) in [6.07, 6.45) is 3.96. The molecule has 0 aromatic carbocycles. The Hall–Kier alpha value is -0.680. The Morgan fingerprint density at radius 3 is 2.93 bits per heavy atom. The van der Waals surface area contributed by atoms with E-state index in [4.69, 9.17) is 4.74 Å². The van der Waals surface area contributed by atoms with Crippen molar-refractivity contribution in [3.05, 3.63) is 24.1 Å². The van der Waals surface area contributed by atoms with Gasteiger partial charge in [0.25, 0.3) is 0 Å². The highest BCUT2D eigenvalue weighted by Crippen LogP contribution is 2.36. The van der Waals surface area contributed by atoms with Gasteiger partial charge in [-0.2, -0.15) is 0 Å². The number of alkyl halides is 1. The summed E-state index contributed by atoms with van der Waals surface area (Å²) in [6, 6.07) is 0. The van der Waals surface area contributed by atoms with Crippen LogP contribution in [0.4, 0.5) is 4.39 Å². The molecular weight excluding hydrogens is 253 g/mol. The quantitative estimate of drug-likeness (QED) is 0.768. The standard InChI is InChI=1S/C9H11BrFNO2/c1-12-8(13)7-5-6(11)3-4-9(7,10)14-2/h3-5,7H,1-2H3,(H,12,13)/t7-,9?/m1/s1. The molecule has 0 aromatic rings. The van der Waals surface area contributed by atoms with Crippen LogP contribution in [-0.2, 0) is 9.53 Å². The third-order valence-electron chi connectivity index (χ3n) is 2.06. The predicted octanol–water partition coefficient (Wildman–Crippen LogP) is 1.51. The molecule has 0 saturated carbocycles. The maximum Gasteiger partial charge on any atom is 0.230 e. The second-order valence-corrected chi connectivity index (χ2v) is 4.12. The highest BCUT2D eigenvalue weighted by molar-refractivity contribution is 9.10. The van der Waals surface area contributed by atoms with Gasteiger partial charge >= 0.3 is 0 Å². The van der Waals surface area contributed by atoms with Gasteiger partial charge in [0, 0.05) is 14.2 Å². The predicted molar refractivity (Wildman–Crippen MR) is 54.6 cm³/mol. The number of halogens is 2. The van der Waals surface area contributed by atoms with Crippen LogP contribution in [0, 0.1) is 5.92 Å². The van der Waals surface area contributed by atoms with Crippen LogP contribution in [0.25, 0.3) is 0 Å². The van der Waals surface area contributed by atoms with E-state index in [-0.39, 0.29) is 5.91 Å². The number of carbonyl (C=O) groups is 1. The highest BCUT2D eigenvalue weighted by atomic mass is 79.9. The molecule has 1 rings (SSSR count). The SMILES string of the molecule is CNC(=O)[C@H]1C=C(F)C=CC1(Br)OC. The Morgan fingerprint density at radius 2 is 2.43 bits per heavy atom. The second-order valence-electron chi connectivity index (χ2n) is 2.88. The Kier molecular flexibility index (Phi) is 3.44. The van der Waals surface area contributed by atoms with E-state index in [0.29, 0.717) is 0 Å². The summed E-state index contributed by atoms with van der Waals surface area (Å²) in [7, 11) is 2.95. The first-order chi connectivity index (χ1) is 6.53. The average molecular weight is 264 g/mol. The number of carbonyl (C=O) groups excluding carboxylic acids is 1. The molecule has 0 radical (unpaired) electrons. The minimum atomic E-state index is -0.956. The minimum absolute atomic E-state index is 0.303. The van der Waals surface area contributed by atoms with Crippen molar-refractivity contribution in [1.29, 1.82) is 0 Å². The maximum absolute atomic E-state index is 12.9. The lowest BCUT2D eigenvalue weighted by atomic mass is 9.96. The number of ether oxygens (including phenoxy) is 1. The van der Waals surface area contributed by atoms with Crippen molar-refractivity contribution in [2.24, 2.45) is 5.92 Å². The second kappa shape index (κ2) is 4.23. The number of rotatable bonds is 2. The Labute approximate surface area is 90.1 Å². The number of hydrogen-bond acceptors (Lipinski definition) is 2. The molecule has 14 heavy (non-hydrogen) atoms. The molecule has 2 atom stereocenters. The number of allylic oxidation sites excluding steroid dienone is 2. The summed E-state index contributed by atoms with van der Waals surface area (Å²) in [5.41, 5.74) is 0. The number of hydrogen-bond donors (Lipinski definition) is 1. The molecule has 5 heteroatoms. The van der Waals surface area contributed by atoms with Crippen LogP contribution >= 0.6 is 15.9 Å². The van der Waals surface area contributed by atoms with Crippen molar-refractivity contribution in [3.63, 3.8) is 0 Å². The molecule has 0 saturated heterocycles. The zero-order valence-corrected chi connectivity index (χ0v) is 9.47. The molecule has 3 nitrogen and oxygen atoms in total. The smallest absolute Gasteiger partial charge is 0.230 e. The van der Waals surface area contributed by atoms with Crippen molar-refractivity contribution in [1.82, 2.24) is 5.32 Å². The lowest BCUT2D eigenvalue weighted by Crippen LogP contribution is -2.42. The summed E-state index contributed by atoms with van der Waals surface area (Å²) in [5.74, 6) is -1.45. The van der Waals surface area contributed by atoms with E-state index in [2.05, 4.69) is 21.2 Å². The van der Waals surface area contributed by atoms with Gasteiger partial charge < -0.3 is 10.1 Å². The van der Waals surface area contributed by atoms with Gasteiger partial charge in [-0.1, -0.05) is 0 Å². The van der Waals surface area contributed by atoms with Crippen molar-refractivity contribution < 1.29 is 13.9 Å². The minimum Gasteiger partial charge on any atom is -0.362 e. The van der Waals surface area contributed by atoms with Crippen molar-refractivity contribution in [3.8, 4) is 0 Å². The molecular formula is C9H11BrFNO2. The van der Waals surface area contributed by atoms with Crippen LogP contribution in [0.3, 0.4) is 0 Å². The third kappa shape index (κ3) is 2.04. The van der Waals surface area contributed by atoms with Crippen LogP contribution < -0.4 is 5.32 Å². The molecule has 0 aliphatic heterocycles. The summed E-state index contributed by atoms with van der Waals surface area (Å²) in [4.78, 5) is 11.4. The number of nitrogens with one attached hydrogen (secondary N) is 1. The third-order valence-corrected chi connectivity index (χ3v) is 3.14. The van der Waals surface area contributed by atoms with Crippen molar-refractivity contribution in [2.75, 3.05) is 14.2 Å². The monoisotopic (exact) mass is 263 g/mol. The fourth-order valence-electron chi connectivity index (χ4n) is 1.23. The molecule has 0 fully saturated rings. The molecule has 1 aliphatic carbocycles. The van der Waals surface area contributed by atoms with Gasteiger partial charge in [-0.15, -0.1) is 0 Å². The van der Waals surface area contributed by atoms with Crippen molar-refractivity contribution in [2.45, 2.75) is 4.51 Å². The lowest BCUT2D eigenvalue weighted by Gasteiger charge is -2.30. The fraction of sp³-hybridized carbons (Fsp3) is 0.444. The molecule has 0 heterocycles. The van der Waals surface area contributed by atoms with Gasteiger partial charge in [0.05, 0.1) is 0 Å². The maximum atomic E-state index is 12.9. The summed E-state index contributed by atoms with van der Waals surface area (Å²) in [6.45, 7) is 0. The highest BCUT2D eigenvalue weighted by Gasteiger charge is 2.39. The normalized spacial score (nSPS) is 31.1. The first-order valence-corrected chi connectivity index (χ1v) is 4.85. The molecule has 1 amide bonds. The summed E-state index contributed by atoms with van der Waals surface area (Å²) >= 11 is 3.25. The Balaban J connectivity index is 2.99. The summed E-state index contributed by atoms with van der Waals surface area (Å²) in [5, 5.41) is 2.45. The van der Waals surface area contributed by atoms with Gasteiger partial charge in [-0.3, -0.25) is 4.79 Å². The molecule has 0 bridgehead atoms. The molecule has 1 unspecified atom stereocenters. The Morgan fingerprint density at radius 1 is 1.79 bits per heavy atom. The van der Waals surface area contributed by atoms with Gasteiger partial charge in [-0.05, 0) is 34.2 Å². The van der Waals surface area contributed by atoms with E-state index in [9.17, 15) is 9.18 Å². The van der Waals surface area contributed by atoms with E-state index in [1.165, 1.54) is 32.4 Å². The van der Waals surface area contributed by atoms with Crippen LogP contribution in [0.15, 0.2) is 24.1 Å².